The highest BCUT2D eigenvalue weighted by atomic mass is 19.4. The van der Waals surface area contributed by atoms with Crippen molar-refractivity contribution >= 4 is 5.91 Å². The Bertz CT molecular complexity index is 1290. The highest BCUT2D eigenvalue weighted by Gasteiger charge is 2.43. The molecule has 0 spiro atoms. The number of nitrogens with one attached hydrogen (secondary N) is 1. The summed E-state index contributed by atoms with van der Waals surface area (Å²) in [7, 11) is 0. The third kappa shape index (κ3) is 7.06. The van der Waals surface area contributed by atoms with Crippen LogP contribution in [0, 0.1) is 5.92 Å². The molecule has 4 N–H and O–H groups in total. The van der Waals surface area contributed by atoms with Gasteiger partial charge in [-0.25, -0.2) is 0 Å². The molecule has 2 atom stereocenters. The van der Waals surface area contributed by atoms with Crippen molar-refractivity contribution in [2.75, 3.05) is 19.7 Å². The van der Waals surface area contributed by atoms with Gasteiger partial charge in [0.2, 0.25) is 5.91 Å². The van der Waals surface area contributed by atoms with Gasteiger partial charge in [-0.2, -0.15) is 13.2 Å². The van der Waals surface area contributed by atoms with E-state index in [-0.39, 0.29) is 37.8 Å². The molecule has 210 valence electrons. The summed E-state index contributed by atoms with van der Waals surface area (Å²) in [5.74, 6) is 0.236. The second kappa shape index (κ2) is 12.3. The van der Waals surface area contributed by atoms with Crippen LogP contribution in [-0.2, 0) is 30.7 Å². The highest BCUT2D eigenvalue weighted by molar-refractivity contribution is 5.83. The van der Waals surface area contributed by atoms with Crippen LogP contribution in [0.25, 0.3) is 11.1 Å². The maximum atomic E-state index is 12.9. The van der Waals surface area contributed by atoms with Crippen LogP contribution in [0.5, 0.6) is 0 Å². The summed E-state index contributed by atoms with van der Waals surface area (Å²) in [6, 6.07) is 22.2. The van der Waals surface area contributed by atoms with Gasteiger partial charge in [0.05, 0.1) is 6.42 Å². The molecule has 1 aliphatic carbocycles. The first-order chi connectivity index (χ1) is 18.3. The zero-order chi connectivity index (χ0) is 26.7. The summed E-state index contributed by atoms with van der Waals surface area (Å²) in [6.07, 6.45) is -2.97. The smallest absolute Gasteiger partial charge is 0.390 e. The minimum absolute atomic E-state index is 0. The van der Waals surface area contributed by atoms with Crippen LogP contribution < -0.4 is 5.32 Å². The van der Waals surface area contributed by atoms with E-state index in [1.165, 1.54) is 5.56 Å². The molecular weight excluding hydrogens is 505 g/mol. The molecule has 0 radical (unpaired) electrons. The number of carbonyl (C=O) groups is 1. The number of carbonyl (C=O) groups excluding carboxylic acids is 1. The first-order valence-electron chi connectivity index (χ1n) is 13.3. The summed E-state index contributed by atoms with van der Waals surface area (Å²) in [5.41, 5.74) is 7.42. The quantitative estimate of drug-likeness (QED) is 0.397. The van der Waals surface area contributed by atoms with Gasteiger partial charge in [0, 0.05) is 40.1 Å². The van der Waals surface area contributed by atoms with Crippen molar-refractivity contribution in [1.82, 2.24) is 10.2 Å². The number of benzene rings is 3. The normalized spacial score (nSPS) is 18.7. The van der Waals surface area contributed by atoms with Crippen molar-refractivity contribution in [3.63, 3.8) is 0 Å². The molecule has 0 bridgehead atoms. The summed E-state index contributed by atoms with van der Waals surface area (Å²) >= 11 is 0. The van der Waals surface area contributed by atoms with E-state index >= 15 is 0 Å². The Morgan fingerprint density at radius 2 is 1.85 bits per heavy atom. The SMILES string of the molecule is O.O=C(NCc1ccc(-c2cccc(CCO)c2)c2c1CN(CCC(F)(F)F)CC2)C1CC1c1ccccc1.[HH]. The molecule has 1 amide bonds. The molecular formula is C31H37F3N2O3. The van der Waals surface area contributed by atoms with Crippen molar-refractivity contribution in [2.45, 2.75) is 50.9 Å². The molecule has 8 heteroatoms. The molecule has 1 fully saturated rings. The van der Waals surface area contributed by atoms with Gasteiger partial charge in [0.15, 0.2) is 0 Å². The lowest BCUT2D eigenvalue weighted by Crippen LogP contribution is -2.35. The Morgan fingerprint density at radius 1 is 1.05 bits per heavy atom. The number of fused-ring (bicyclic) bond motifs is 1. The Hall–Kier alpha value is -3.20. The Morgan fingerprint density at radius 3 is 2.59 bits per heavy atom. The topological polar surface area (TPSA) is 84.1 Å². The maximum Gasteiger partial charge on any atom is 0.390 e. The van der Waals surface area contributed by atoms with Gasteiger partial charge in [0.25, 0.3) is 0 Å². The molecule has 1 heterocycles. The van der Waals surface area contributed by atoms with Gasteiger partial charge in [-0.1, -0.05) is 66.7 Å². The molecule has 0 aromatic heterocycles. The maximum absolute atomic E-state index is 12.9. The summed E-state index contributed by atoms with van der Waals surface area (Å²) in [6.45, 7) is 1.38. The summed E-state index contributed by atoms with van der Waals surface area (Å²) in [5, 5.41) is 12.5. The molecule has 3 aromatic carbocycles. The zero-order valence-corrected chi connectivity index (χ0v) is 21.8. The second-order valence-corrected chi connectivity index (χ2v) is 10.4. The van der Waals surface area contributed by atoms with Crippen molar-refractivity contribution in [2.24, 2.45) is 5.92 Å². The second-order valence-electron chi connectivity index (χ2n) is 10.4. The number of aliphatic hydroxyl groups excluding tert-OH is 1. The number of hydrogen-bond donors (Lipinski definition) is 2. The molecule has 2 aliphatic rings. The fourth-order valence-electron chi connectivity index (χ4n) is 5.60. The highest BCUT2D eigenvalue weighted by Crippen LogP contribution is 2.47. The molecule has 1 aliphatic heterocycles. The van der Waals surface area contributed by atoms with Crippen molar-refractivity contribution in [1.29, 1.82) is 0 Å². The lowest BCUT2D eigenvalue weighted by molar-refractivity contribution is -0.138. The van der Waals surface area contributed by atoms with E-state index in [0.29, 0.717) is 32.5 Å². The predicted octanol–water partition coefficient (Wildman–Crippen LogP) is 5.04. The van der Waals surface area contributed by atoms with Gasteiger partial charge in [-0.05, 0) is 64.1 Å². The number of nitrogens with zero attached hydrogens (tertiary/aromatic N) is 1. The largest absolute Gasteiger partial charge is 0.412 e. The minimum atomic E-state index is -4.19. The third-order valence-corrected chi connectivity index (χ3v) is 7.75. The van der Waals surface area contributed by atoms with E-state index in [4.69, 9.17) is 0 Å². The Labute approximate surface area is 228 Å². The number of hydrogen-bond acceptors (Lipinski definition) is 3. The first kappa shape index (κ1) is 28.8. The average Bonchev–Trinajstić information content (AvgIpc) is 3.72. The van der Waals surface area contributed by atoms with E-state index in [1.54, 1.807) is 0 Å². The van der Waals surface area contributed by atoms with Gasteiger partial charge in [-0.15, -0.1) is 0 Å². The molecule has 5 nitrogen and oxygen atoms in total. The van der Waals surface area contributed by atoms with Crippen LogP contribution in [0.2, 0.25) is 0 Å². The average molecular weight is 543 g/mol. The molecule has 3 aromatic rings. The van der Waals surface area contributed by atoms with E-state index in [9.17, 15) is 23.1 Å². The van der Waals surface area contributed by atoms with E-state index in [0.717, 1.165) is 39.8 Å². The number of halogens is 3. The molecule has 39 heavy (non-hydrogen) atoms. The fourth-order valence-corrected chi connectivity index (χ4v) is 5.60. The molecule has 0 saturated heterocycles. The standard InChI is InChI=1S/C31H33F3N2O2.H2O.H2/c32-31(33,34)13-15-36-14-11-26-25(23-8-4-5-21(17-23)12-16-37)10-9-24(29(26)20-36)19-35-30(38)28-18-27(28)22-6-2-1-3-7-22;;/h1-10,17,27-28,37H,11-16,18-20H2,(H,35,38);1H2;1H. The van der Waals surface area contributed by atoms with E-state index < -0.39 is 12.6 Å². The lowest BCUT2D eigenvalue weighted by Gasteiger charge is -2.32. The fraction of sp³-hybridized carbons (Fsp3) is 0.387. The van der Waals surface area contributed by atoms with Gasteiger partial charge in [0.1, 0.15) is 0 Å². The van der Waals surface area contributed by atoms with Gasteiger partial charge >= 0.3 is 6.18 Å². The lowest BCUT2D eigenvalue weighted by atomic mass is 9.87. The van der Waals surface area contributed by atoms with E-state index in [1.807, 2.05) is 47.4 Å². The van der Waals surface area contributed by atoms with Crippen LogP contribution in [-0.4, -0.2) is 47.3 Å². The van der Waals surface area contributed by atoms with Gasteiger partial charge in [-0.3, -0.25) is 9.69 Å². The van der Waals surface area contributed by atoms with E-state index in [2.05, 4.69) is 29.6 Å². The first-order valence-corrected chi connectivity index (χ1v) is 13.3. The molecule has 1 saturated carbocycles. The van der Waals surface area contributed by atoms with Crippen LogP contribution in [0.15, 0.2) is 66.7 Å². The summed E-state index contributed by atoms with van der Waals surface area (Å²) < 4.78 is 38.8. The van der Waals surface area contributed by atoms with Crippen molar-refractivity contribution in [3.8, 4) is 11.1 Å². The number of amides is 1. The minimum Gasteiger partial charge on any atom is -0.412 e. The van der Waals surface area contributed by atoms with Crippen LogP contribution in [0.4, 0.5) is 13.2 Å². The van der Waals surface area contributed by atoms with Crippen LogP contribution >= 0.6 is 0 Å². The predicted molar refractivity (Wildman–Crippen MR) is 147 cm³/mol. The number of aliphatic hydroxyl groups is 1. The summed E-state index contributed by atoms with van der Waals surface area (Å²) in [4.78, 5) is 14.8. The monoisotopic (exact) mass is 542 g/mol. The Kier molecular flexibility index (Phi) is 9.10. The van der Waals surface area contributed by atoms with Crippen molar-refractivity contribution in [3.05, 3.63) is 94.5 Å². The number of alkyl halides is 3. The van der Waals surface area contributed by atoms with Crippen LogP contribution in [0.3, 0.4) is 0 Å². The molecule has 2 unspecified atom stereocenters. The Balaban J connectivity index is 0.00000220. The zero-order valence-electron chi connectivity index (χ0n) is 21.8. The van der Waals surface area contributed by atoms with Crippen molar-refractivity contribution < 1.29 is 30.0 Å². The van der Waals surface area contributed by atoms with Gasteiger partial charge < -0.3 is 15.9 Å². The number of rotatable bonds is 9. The molecule has 5 rings (SSSR count). The third-order valence-electron chi connectivity index (χ3n) is 7.75. The van der Waals surface area contributed by atoms with Crippen LogP contribution in [0.1, 0.15) is 48.0 Å².